The third-order valence-electron chi connectivity index (χ3n) is 8.27. The standard InChI is InChI=1S/C27H35N3OS/c1-17(2)21-3-5-22(6-4-21)28-25(31)12-24-16-32-26(30(24)23-7-8-23)29-27-13-18-9-19(14-27)11-20(10-18)15-27/h3-6,16-20,23H,7-15H2,1-2H3,(H,28,31). The quantitative estimate of drug-likeness (QED) is 0.572. The van der Waals surface area contributed by atoms with Crippen molar-refractivity contribution in [3.63, 3.8) is 0 Å². The number of hydrogen-bond acceptors (Lipinski definition) is 3. The molecule has 0 saturated heterocycles. The Morgan fingerprint density at radius 2 is 1.72 bits per heavy atom. The van der Waals surface area contributed by atoms with Gasteiger partial charge in [-0.1, -0.05) is 26.0 Å². The van der Waals surface area contributed by atoms with Gasteiger partial charge in [-0.05, 0) is 92.7 Å². The van der Waals surface area contributed by atoms with Crippen LogP contribution in [0.5, 0.6) is 0 Å². The summed E-state index contributed by atoms with van der Waals surface area (Å²) in [7, 11) is 0. The highest BCUT2D eigenvalue weighted by atomic mass is 32.1. The van der Waals surface area contributed by atoms with Gasteiger partial charge in [0.2, 0.25) is 5.91 Å². The van der Waals surface area contributed by atoms with Crippen LogP contribution in [0.1, 0.15) is 88.4 Å². The summed E-state index contributed by atoms with van der Waals surface area (Å²) in [6, 6.07) is 8.80. The van der Waals surface area contributed by atoms with E-state index in [9.17, 15) is 4.79 Å². The summed E-state index contributed by atoms with van der Waals surface area (Å²) in [5, 5.41) is 5.29. The zero-order chi connectivity index (χ0) is 21.9. The van der Waals surface area contributed by atoms with E-state index in [0.717, 1.165) is 29.1 Å². The molecule has 5 aliphatic rings. The minimum absolute atomic E-state index is 0.0656. The van der Waals surface area contributed by atoms with Crippen LogP contribution in [0.2, 0.25) is 0 Å². The van der Waals surface area contributed by atoms with Gasteiger partial charge in [0.05, 0.1) is 12.0 Å². The van der Waals surface area contributed by atoms with Crippen molar-refractivity contribution in [2.45, 2.75) is 89.1 Å². The lowest BCUT2D eigenvalue weighted by atomic mass is 9.53. The second-order valence-electron chi connectivity index (χ2n) is 11.4. The van der Waals surface area contributed by atoms with Crippen molar-refractivity contribution < 1.29 is 4.79 Å². The van der Waals surface area contributed by atoms with Crippen molar-refractivity contribution in [1.29, 1.82) is 0 Å². The number of carbonyl (C=O) groups excluding carboxylic acids is 1. The minimum Gasteiger partial charge on any atom is -0.326 e. The molecule has 1 aromatic carbocycles. The maximum atomic E-state index is 12.9. The van der Waals surface area contributed by atoms with Gasteiger partial charge in [-0.2, -0.15) is 0 Å². The predicted octanol–water partition coefficient (Wildman–Crippen LogP) is 6.06. The third kappa shape index (κ3) is 3.98. The highest BCUT2D eigenvalue weighted by Crippen LogP contribution is 2.57. The van der Waals surface area contributed by atoms with Crippen molar-refractivity contribution in [3.05, 3.63) is 45.7 Å². The van der Waals surface area contributed by atoms with Gasteiger partial charge < -0.3 is 9.88 Å². The molecule has 0 unspecified atom stereocenters. The Morgan fingerprint density at radius 1 is 1.09 bits per heavy atom. The maximum Gasteiger partial charge on any atom is 0.230 e. The van der Waals surface area contributed by atoms with Crippen molar-refractivity contribution in [3.8, 4) is 0 Å². The van der Waals surface area contributed by atoms with Gasteiger partial charge in [-0.15, -0.1) is 11.3 Å². The number of carbonyl (C=O) groups is 1. The number of aromatic nitrogens is 1. The molecule has 1 aromatic heterocycles. The zero-order valence-electron chi connectivity index (χ0n) is 19.3. The summed E-state index contributed by atoms with van der Waals surface area (Å²) in [5.74, 6) is 3.29. The lowest BCUT2D eigenvalue weighted by Crippen LogP contribution is -2.50. The van der Waals surface area contributed by atoms with E-state index < -0.39 is 0 Å². The molecule has 32 heavy (non-hydrogen) atoms. The van der Waals surface area contributed by atoms with Crippen LogP contribution < -0.4 is 10.1 Å². The number of hydrogen-bond donors (Lipinski definition) is 1. The molecule has 0 aliphatic heterocycles. The molecule has 5 fully saturated rings. The average molecular weight is 450 g/mol. The summed E-state index contributed by atoms with van der Waals surface area (Å²) in [5.41, 5.74) is 3.50. The van der Waals surface area contributed by atoms with E-state index in [1.807, 2.05) is 12.1 Å². The minimum atomic E-state index is 0.0656. The van der Waals surface area contributed by atoms with E-state index in [1.165, 1.54) is 61.7 Å². The number of anilines is 1. The number of amides is 1. The van der Waals surface area contributed by atoms with E-state index in [1.54, 1.807) is 11.3 Å². The second kappa shape index (κ2) is 7.86. The van der Waals surface area contributed by atoms with Crippen LogP contribution in [-0.2, 0) is 11.2 Å². The Morgan fingerprint density at radius 3 is 2.28 bits per heavy atom. The number of benzene rings is 1. The van der Waals surface area contributed by atoms with E-state index in [4.69, 9.17) is 4.99 Å². The van der Waals surface area contributed by atoms with Gasteiger partial charge in [-0.3, -0.25) is 9.79 Å². The molecule has 7 rings (SSSR count). The van der Waals surface area contributed by atoms with Gasteiger partial charge in [0.1, 0.15) is 0 Å². The summed E-state index contributed by atoms with van der Waals surface area (Å²) >= 11 is 1.76. The van der Waals surface area contributed by atoms with Crippen LogP contribution in [0.3, 0.4) is 0 Å². The molecular weight excluding hydrogens is 414 g/mol. The molecule has 0 spiro atoms. The Hall–Kier alpha value is -1.88. The van der Waals surface area contributed by atoms with Gasteiger partial charge in [0, 0.05) is 22.8 Å². The van der Waals surface area contributed by atoms with Crippen LogP contribution in [-0.4, -0.2) is 16.0 Å². The number of rotatable bonds is 6. The molecule has 2 aromatic rings. The molecule has 5 heteroatoms. The Kier molecular flexibility index (Phi) is 5.09. The first-order valence-electron chi connectivity index (χ1n) is 12.6. The van der Waals surface area contributed by atoms with Gasteiger partial charge >= 0.3 is 0 Å². The topological polar surface area (TPSA) is 46.4 Å². The van der Waals surface area contributed by atoms with E-state index in [0.29, 0.717) is 18.4 Å². The van der Waals surface area contributed by atoms with E-state index in [-0.39, 0.29) is 11.4 Å². The van der Waals surface area contributed by atoms with Crippen molar-refractivity contribution in [2.75, 3.05) is 5.32 Å². The molecule has 5 aliphatic carbocycles. The molecule has 5 saturated carbocycles. The van der Waals surface area contributed by atoms with Gasteiger partial charge in [0.25, 0.3) is 0 Å². The Balaban J connectivity index is 1.22. The lowest BCUT2D eigenvalue weighted by Gasteiger charge is -2.54. The fourth-order valence-corrected chi connectivity index (χ4v) is 8.08. The van der Waals surface area contributed by atoms with Gasteiger partial charge in [0.15, 0.2) is 4.80 Å². The van der Waals surface area contributed by atoms with Crippen LogP contribution in [0.4, 0.5) is 5.69 Å². The van der Waals surface area contributed by atoms with Crippen LogP contribution in [0.15, 0.2) is 34.6 Å². The Bertz CT molecular complexity index is 1040. The molecule has 0 radical (unpaired) electrons. The lowest BCUT2D eigenvalue weighted by molar-refractivity contribution is -0.115. The van der Waals surface area contributed by atoms with Gasteiger partial charge in [-0.25, -0.2) is 0 Å². The SMILES string of the molecule is CC(C)c1ccc(NC(=O)Cc2csc(=NC34CC5CC(CC(C5)C3)C4)n2C2CC2)cc1. The van der Waals surface area contributed by atoms with Crippen LogP contribution in [0.25, 0.3) is 0 Å². The normalized spacial score (nSPS) is 31.5. The Labute approximate surface area is 195 Å². The average Bonchev–Trinajstić information content (AvgIpc) is 3.49. The maximum absolute atomic E-state index is 12.9. The van der Waals surface area contributed by atoms with Crippen molar-refractivity contribution >= 4 is 22.9 Å². The zero-order valence-corrected chi connectivity index (χ0v) is 20.2. The van der Waals surface area contributed by atoms with Crippen molar-refractivity contribution in [2.24, 2.45) is 22.7 Å². The molecule has 1 amide bonds. The number of nitrogens with one attached hydrogen (secondary N) is 1. The highest BCUT2D eigenvalue weighted by Gasteiger charge is 2.51. The number of nitrogens with zero attached hydrogens (tertiary/aromatic N) is 2. The smallest absolute Gasteiger partial charge is 0.230 e. The molecule has 1 N–H and O–H groups in total. The fourth-order valence-electron chi connectivity index (χ4n) is 7.01. The first-order valence-corrected chi connectivity index (χ1v) is 13.5. The fraction of sp³-hybridized carbons (Fsp3) is 0.630. The summed E-state index contributed by atoms with van der Waals surface area (Å²) < 4.78 is 2.42. The molecule has 0 atom stereocenters. The summed E-state index contributed by atoms with van der Waals surface area (Å²) in [4.78, 5) is 19.5. The van der Waals surface area contributed by atoms with Crippen LogP contribution in [0, 0.1) is 17.8 Å². The monoisotopic (exact) mass is 449 g/mol. The number of thiazole rings is 1. The summed E-state index contributed by atoms with van der Waals surface area (Å²) in [6.45, 7) is 4.37. The molecule has 4 nitrogen and oxygen atoms in total. The van der Waals surface area contributed by atoms with Crippen LogP contribution >= 0.6 is 11.3 Å². The summed E-state index contributed by atoms with van der Waals surface area (Å²) in [6.07, 6.45) is 11.1. The molecule has 4 bridgehead atoms. The highest BCUT2D eigenvalue weighted by molar-refractivity contribution is 7.07. The van der Waals surface area contributed by atoms with E-state index in [2.05, 4.69) is 41.2 Å². The third-order valence-corrected chi connectivity index (χ3v) is 9.16. The first-order chi connectivity index (χ1) is 15.5. The molecule has 1 heterocycles. The first kappa shape index (κ1) is 20.7. The predicted molar refractivity (Wildman–Crippen MR) is 130 cm³/mol. The largest absolute Gasteiger partial charge is 0.326 e. The molecular formula is C27H35N3OS. The molecule has 170 valence electrons. The second-order valence-corrected chi connectivity index (χ2v) is 12.2. The van der Waals surface area contributed by atoms with Crippen molar-refractivity contribution in [1.82, 2.24) is 4.57 Å². The van der Waals surface area contributed by atoms with E-state index >= 15 is 0 Å².